The summed E-state index contributed by atoms with van der Waals surface area (Å²) in [6.45, 7) is 6.02. The highest BCUT2D eigenvalue weighted by atomic mass is 16.2. The number of amides is 1. The van der Waals surface area contributed by atoms with Crippen LogP contribution >= 0.6 is 0 Å². The molecule has 0 aliphatic carbocycles. The van der Waals surface area contributed by atoms with E-state index >= 15 is 0 Å². The highest BCUT2D eigenvalue weighted by Gasteiger charge is 2.16. The second kappa shape index (κ2) is 6.01. The topological polar surface area (TPSA) is 68.0 Å². The van der Waals surface area contributed by atoms with E-state index < -0.39 is 6.04 Å². The van der Waals surface area contributed by atoms with Crippen LogP contribution < -0.4 is 11.1 Å². The molecule has 0 aliphatic heterocycles. The first-order valence-electron chi connectivity index (χ1n) is 6.90. The molecule has 1 heterocycles. The molecule has 1 atom stereocenters. The van der Waals surface area contributed by atoms with Crippen LogP contribution in [0.4, 0.5) is 5.69 Å². The van der Waals surface area contributed by atoms with Crippen LogP contribution in [0.3, 0.4) is 0 Å². The van der Waals surface area contributed by atoms with Crippen molar-refractivity contribution in [3.05, 3.63) is 36.0 Å². The number of hydrogen-bond acceptors (Lipinski definition) is 3. The zero-order chi connectivity index (χ0) is 14.7. The second-order valence-electron chi connectivity index (χ2n) is 5.55. The Hall–Kier alpha value is -1.94. The van der Waals surface area contributed by atoms with Gasteiger partial charge in [-0.25, -0.2) is 0 Å². The molecule has 4 nitrogen and oxygen atoms in total. The number of hydrogen-bond donors (Lipinski definition) is 2. The molecule has 0 saturated carbocycles. The standard InChI is InChI=1S/C16H21N3O/c1-10(2)8-13(17)16(20)19-15-9-11(3)18-14-7-5-4-6-12(14)15/h4-7,9-10,13H,8,17H2,1-3H3,(H,18,19,20)/t13-/m1/s1. The molecule has 0 saturated heterocycles. The van der Waals surface area contributed by atoms with E-state index in [1.165, 1.54) is 0 Å². The number of nitrogens with one attached hydrogen (secondary N) is 1. The maximum atomic E-state index is 12.1. The summed E-state index contributed by atoms with van der Waals surface area (Å²) in [6, 6.07) is 9.15. The van der Waals surface area contributed by atoms with Crippen molar-refractivity contribution >= 4 is 22.5 Å². The first kappa shape index (κ1) is 14.5. The molecule has 4 heteroatoms. The fourth-order valence-corrected chi connectivity index (χ4v) is 2.25. The third-order valence-corrected chi connectivity index (χ3v) is 3.16. The molecule has 0 aliphatic rings. The Morgan fingerprint density at radius 2 is 2.05 bits per heavy atom. The van der Waals surface area contributed by atoms with Gasteiger partial charge in [0.1, 0.15) is 0 Å². The van der Waals surface area contributed by atoms with Crippen LogP contribution in [0.5, 0.6) is 0 Å². The largest absolute Gasteiger partial charge is 0.324 e. The van der Waals surface area contributed by atoms with Gasteiger partial charge in [-0.15, -0.1) is 0 Å². The summed E-state index contributed by atoms with van der Waals surface area (Å²) in [7, 11) is 0. The smallest absolute Gasteiger partial charge is 0.241 e. The Bertz CT molecular complexity index is 622. The maximum Gasteiger partial charge on any atom is 0.241 e. The van der Waals surface area contributed by atoms with Crippen molar-refractivity contribution in [1.82, 2.24) is 4.98 Å². The molecule has 20 heavy (non-hydrogen) atoms. The first-order valence-corrected chi connectivity index (χ1v) is 6.90. The van der Waals surface area contributed by atoms with Crippen molar-refractivity contribution < 1.29 is 4.79 Å². The van der Waals surface area contributed by atoms with Gasteiger partial charge in [0.15, 0.2) is 0 Å². The van der Waals surface area contributed by atoms with Gasteiger partial charge < -0.3 is 11.1 Å². The Morgan fingerprint density at radius 3 is 2.75 bits per heavy atom. The fourth-order valence-electron chi connectivity index (χ4n) is 2.25. The van der Waals surface area contributed by atoms with Gasteiger partial charge in [0.25, 0.3) is 0 Å². The van der Waals surface area contributed by atoms with Crippen LogP contribution in [-0.4, -0.2) is 16.9 Å². The Balaban J connectivity index is 2.27. The molecule has 0 unspecified atom stereocenters. The number of rotatable bonds is 4. The third-order valence-electron chi connectivity index (χ3n) is 3.16. The quantitative estimate of drug-likeness (QED) is 0.898. The lowest BCUT2D eigenvalue weighted by Crippen LogP contribution is -2.36. The van der Waals surface area contributed by atoms with Crippen molar-refractivity contribution in [3.63, 3.8) is 0 Å². The molecular weight excluding hydrogens is 250 g/mol. The van der Waals surface area contributed by atoms with Gasteiger partial charge in [0.2, 0.25) is 5.91 Å². The van der Waals surface area contributed by atoms with E-state index in [0.29, 0.717) is 12.3 Å². The molecule has 106 valence electrons. The van der Waals surface area contributed by atoms with Crippen molar-refractivity contribution in [2.75, 3.05) is 5.32 Å². The normalized spacial score (nSPS) is 12.7. The van der Waals surface area contributed by atoms with E-state index in [0.717, 1.165) is 22.3 Å². The van der Waals surface area contributed by atoms with E-state index in [1.54, 1.807) is 0 Å². The van der Waals surface area contributed by atoms with Crippen molar-refractivity contribution in [1.29, 1.82) is 0 Å². The molecule has 2 rings (SSSR count). The van der Waals surface area contributed by atoms with Gasteiger partial charge in [-0.1, -0.05) is 32.0 Å². The average molecular weight is 271 g/mol. The zero-order valence-electron chi connectivity index (χ0n) is 12.2. The van der Waals surface area contributed by atoms with Gasteiger partial charge in [-0.2, -0.15) is 0 Å². The number of fused-ring (bicyclic) bond motifs is 1. The number of benzene rings is 1. The summed E-state index contributed by atoms with van der Waals surface area (Å²) < 4.78 is 0. The molecule has 0 spiro atoms. The van der Waals surface area contributed by atoms with Crippen LogP contribution in [0.15, 0.2) is 30.3 Å². The minimum Gasteiger partial charge on any atom is -0.324 e. The highest BCUT2D eigenvalue weighted by Crippen LogP contribution is 2.23. The predicted molar refractivity (Wildman–Crippen MR) is 82.5 cm³/mol. The summed E-state index contributed by atoms with van der Waals surface area (Å²) in [5, 5.41) is 3.86. The molecule has 3 N–H and O–H groups in total. The van der Waals surface area contributed by atoms with E-state index in [9.17, 15) is 4.79 Å². The number of aryl methyl sites for hydroxylation is 1. The Morgan fingerprint density at radius 1 is 1.35 bits per heavy atom. The lowest BCUT2D eigenvalue weighted by atomic mass is 10.0. The van der Waals surface area contributed by atoms with Gasteiger partial charge in [0.05, 0.1) is 17.2 Å². The molecule has 1 amide bonds. The van der Waals surface area contributed by atoms with Gasteiger partial charge >= 0.3 is 0 Å². The van der Waals surface area contributed by atoms with Crippen molar-refractivity contribution in [2.45, 2.75) is 33.2 Å². The lowest BCUT2D eigenvalue weighted by molar-refractivity contribution is -0.117. The zero-order valence-corrected chi connectivity index (χ0v) is 12.2. The van der Waals surface area contributed by atoms with Gasteiger partial charge in [0, 0.05) is 11.1 Å². The third kappa shape index (κ3) is 3.33. The minimum atomic E-state index is -0.484. The van der Waals surface area contributed by atoms with E-state index in [1.807, 2.05) is 37.3 Å². The summed E-state index contributed by atoms with van der Waals surface area (Å²) >= 11 is 0. The lowest BCUT2D eigenvalue weighted by Gasteiger charge is -2.15. The van der Waals surface area contributed by atoms with Crippen molar-refractivity contribution in [2.24, 2.45) is 11.7 Å². The number of pyridine rings is 1. The average Bonchev–Trinajstić information content (AvgIpc) is 2.37. The molecule has 0 radical (unpaired) electrons. The molecular formula is C16H21N3O. The van der Waals surface area contributed by atoms with Gasteiger partial charge in [-0.3, -0.25) is 9.78 Å². The molecule has 1 aromatic carbocycles. The number of carbonyl (C=O) groups excluding carboxylic acids is 1. The van der Waals surface area contributed by atoms with Crippen LogP contribution in [0, 0.1) is 12.8 Å². The monoisotopic (exact) mass is 271 g/mol. The summed E-state index contributed by atoms with van der Waals surface area (Å²) in [4.78, 5) is 16.6. The molecule has 0 bridgehead atoms. The minimum absolute atomic E-state index is 0.144. The highest BCUT2D eigenvalue weighted by molar-refractivity contribution is 6.02. The van der Waals surface area contributed by atoms with E-state index in [2.05, 4.69) is 24.1 Å². The first-order chi connectivity index (χ1) is 9.47. The van der Waals surface area contributed by atoms with Crippen LogP contribution in [0.25, 0.3) is 10.9 Å². The Labute approximate surface area is 119 Å². The Kier molecular flexibility index (Phi) is 4.35. The SMILES string of the molecule is Cc1cc(NC(=O)[C@H](N)CC(C)C)c2ccccc2n1. The predicted octanol–water partition coefficient (Wildman–Crippen LogP) is 2.86. The number of carbonyl (C=O) groups is 1. The summed E-state index contributed by atoms with van der Waals surface area (Å²) in [6.07, 6.45) is 0.674. The summed E-state index contributed by atoms with van der Waals surface area (Å²) in [5.41, 5.74) is 8.44. The number of anilines is 1. The van der Waals surface area contributed by atoms with Gasteiger partial charge in [-0.05, 0) is 31.4 Å². The number of aromatic nitrogens is 1. The molecule has 2 aromatic rings. The van der Waals surface area contributed by atoms with Crippen LogP contribution in [0.1, 0.15) is 26.0 Å². The van der Waals surface area contributed by atoms with E-state index in [4.69, 9.17) is 5.73 Å². The number of nitrogens with two attached hydrogens (primary N) is 1. The number of nitrogens with zero attached hydrogens (tertiary/aromatic N) is 1. The molecule has 0 fully saturated rings. The number of para-hydroxylation sites is 1. The van der Waals surface area contributed by atoms with Crippen LogP contribution in [-0.2, 0) is 4.79 Å². The summed E-state index contributed by atoms with van der Waals surface area (Å²) in [5.74, 6) is 0.251. The van der Waals surface area contributed by atoms with Crippen LogP contribution in [0.2, 0.25) is 0 Å². The maximum absolute atomic E-state index is 12.1. The molecule has 1 aromatic heterocycles. The van der Waals surface area contributed by atoms with E-state index in [-0.39, 0.29) is 5.91 Å². The fraction of sp³-hybridized carbons (Fsp3) is 0.375. The second-order valence-corrected chi connectivity index (χ2v) is 5.55. The van der Waals surface area contributed by atoms with Crippen molar-refractivity contribution in [3.8, 4) is 0 Å².